The van der Waals surface area contributed by atoms with E-state index in [2.05, 4.69) is 10.6 Å². The Morgan fingerprint density at radius 1 is 1.47 bits per heavy atom. The lowest BCUT2D eigenvalue weighted by Crippen LogP contribution is -2.32. The third-order valence-corrected chi connectivity index (χ3v) is 3.35. The molecule has 1 heterocycles. The van der Waals surface area contributed by atoms with Gasteiger partial charge in [-0.15, -0.1) is 0 Å². The number of hydrogen-bond acceptors (Lipinski definition) is 2. The van der Waals surface area contributed by atoms with Crippen LogP contribution in [0, 0.1) is 5.92 Å². The van der Waals surface area contributed by atoms with Crippen LogP contribution in [-0.2, 0) is 4.79 Å². The fourth-order valence-electron chi connectivity index (χ4n) is 2.12. The van der Waals surface area contributed by atoms with Gasteiger partial charge in [-0.2, -0.15) is 0 Å². The summed E-state index contributed by atoms with van der Waals surface area (Å²) in [7, 11) is 0. The maximum Gasteiger partial charge on any atom is 0.224 e. The third-order valence-electron chi connectivity index (χ3n) is 3.02. The van der Waals surface area contributed by atoms with Crippen molar-refractivity contribution in [3.63, 3.8) is 0 Å². The van der Waals surface area contributed by atoms with Gasteiger partial charge in [0.2, 0.25) is 5.91 Å². The summed E-state index contributed by atoms with van der Waals surface area (Å²) in [6.45, 7) is 2.01. The maximum absolute atomic E-state index is 11.8. The highest BCUT2D eigenvalue weighted by Gasteiger charge is 2.17. The van der Waals surface area contributed by atoms with Gasteiger partial charge >= 0.3 is 0 Å². The number of carbonyl (C=O) groups excluding carboxylic acids is 1. The van der Waals surface area contributed by atoms with Crippen molar-refractivity contribution in [2.45, 2.75) is 19.3 Å². The molecule has 1 aliphatic heterocycles. The number of hydrogen-bond donors (Lipinski definition) is 2. The van der Waals surface area contributed by atoms with Crippen molar-refractivity contribution < 1.29 is 4.79 Å². The Labute approximate surface area is 107 Å². The normalized spacial score (nSPS) is 19.9. The molecule has 1 aromatic rings. The molecule has 0 bridgehead atoms. The second-order valence-electron chi connectivity index (χ2n) is 4.44. The second kappa shape index (κ2) is 6.03. The molecule has 17 heavy (non-hydrogen) atoms. The van der Waals surface area contributed by atoms with E-state index >= 15 is 0 Å². The Balaban J connectivity index is 1.86. The van der Waals surface area contributed by atoms with Gasteiger partial charge in [0.15, 0.2) is 0 Å². The van der Waals surface area contributed by atoms with Crippen LogP contribution in [0.3, 0.4) is 0 Å². The summed E-state index contributed by atoms with van der Waals surface area (Å²) < 4.78 is 0. The first-order chi connectivity index (χ1) is 8.25. The van der Waals surface area contributed by atoms with Crippen LogP contribution in [0.4, 0.5) is 5.69 Å². The number of piperidine rings is 1. The standard InChI is InChI=1S/C13H17ClN2O/c14-11-5-1-2-6-12(11)16-13(17)8-10-4-3-7-15-9-10/h1-2,5-6,10,15H,3-4,7-9H2,(H,16,17). The fraction of sp³-hybridized carbons (Fsp3) is 0.462. The Morgan fingerprint density at radius 3 is 3.00 bits per heavy atom. The highest BCUT2D eigenvalue weighted by molar-refractivity contribution is 6.33. The van der Waals surface area contributed by atoms with Gasteiger partial charge in [0, 0.05) is 6.42 Å². The molecule has 3 nitrogen and oxygen atoms in total. The van der Waals surface area contributed by atoms with E-state index in [0.29, 0.717) is 23.0 Å². The van der Waals surface area contributed by atoms with Crippen molar-refractivity contribution in [3.8, 4) is 0 Å². The number of rotatable bonds is 3. The smallest absolute Gasteiger partial charge is 0.224 e. The van der Waals surface area contributed by atoms with Crippen LogP contribution < -0.4 is 10.6 Å². The molecule has 2 rings (SSSR count). The molecule has 2 N–H and O–H groups in total. The number of carbonyl (C=O) groups is 1. The molecule has 0 spiro atoms. The minimum Gasteiger partial charge on any atom is -0.325 e. The van der Waals surface area contributed by atoms with Crippen LogP contribution in [0.5, 0.6) is 0 Å². The number of amides is 1. The zero-order valence-electron chi connectivity index (χ0n) is 9.71. The highest BCUT2D eigenvalue weighted by atomic mass is 35.5. The average Bonchev–Trinajstić information content (AvgIpc) is 2.33. The summed E-state index contributed by atoms with van der Waals surface area (Å²) in [5.74, 6) is 0.498. The quantitative estimate of drug-likeness (QED) is 0.869. The third kappa shape index (κ3) is 3.72. The van der Waals surface area contributed by atoms with E-state index in [-0.39, 0.29) is 5.91 Å². The monoisotopic (exact) mass is 252 g/mol. The lowest BCUT2D eigenvalue weighted by Gasteiger charge is -2.22. The van der Waals surface area contributed by atoms with Crippen molar-refractivity contribution in [3.05, 3.63) is 29.3 Å². The molecular weight excluding hydrogens is 236 g/mol. The van der Waals surface area contributed by atoms with Gasteiger partial charge in [-0.05, 0) is 44.0 Å². The zero-order valence-corrected chi connectivity index (χ0v) is 10.5. The maximum atomic E-state index is 11.8. The van der Waals surface area contributed by atoms with E-state index in [4.69, 9.17) is 11.6 Å². The first kappa shape index (κ1) is 12.4. The van der Waals surface area contributed by atoms with E-state index in [9.17, 15) is 4.79 Å². The van der Waals surface area contributed by atoms with Gasteiger partial charge in [0.25, 0.3) is 0 Å². The molecule has 1 aliphatic rings. The van der Waals surface area contributed by atoms with Crippen LogP contribution >= 0.6 is 11.6 Å². The van der Waals surface area contributed by atoms with Gasteiger partial charge < -0.3 is 10.6 Å². The number of nitrogens with one attached hydrogen (secondary N) is 2. The molecule has 0 aromatic heterocycles. The molecule has 1 amide bonds. The van der Waals surface area contributed by atoms with Gasteiger partial charge in [-0.25, -0.2) is 0 Å². The summed E-state index contributed by atoms with van der Waals surface area (Å²) in [5, 5.41) is 6.75. The summed E-state index contributed by atoms with van der Waals surface area (Å²) in [6.07, 6.45) is 2.85. The van der Waals surface area contributed by atoms with E-state index in [1.54, 1.807) is 6.07 Å². The predicted octanol–water partition coefficient (Wildman–Crippen LogP) is 2.67. The van der Waals surface area contributed by atoms with E-state index in [0.717, 1.165) is 25.9 Å². The first-order valence-electron chi connectivity index (χ1n) is 6.01. The number of anilines is 1. The van der Waals surface area contributed by atoms with Gasteiger partial charge in [0.05, 0.1) is 10.7 Å². The topological polar surface area (TPSA) is 41.1 Å². The molecular formula is C13H17ClN2O. The Morgan fingerprint density at radius 2 is 2.29 bits per heavy atom. The SMILES string of the molecule is O=C(CC1CCCNC1)Nc1ccccc1Cl. The molecule has 0 saturated carbocycles. The minimum absolute atomic E-state index is 0.0480. The van der Waals surface area contributed by atoms with E-state index in [1.807, 2.05) is 18.2 Å². The predicted molar refractivity (Wildman–Crippen MR) is 70.3 cm³/mol. The number of halogens is 1. The molecule has 0 aliphatic carbocycles. The lowest BCUT2D eigenvalue weighted by molar-refractivity contribution is -0.117. The van der Waals surface area contributed by atoms with Gasteiger partial charge in [-0.1, -0.05) is 23.7 Å². The Hall–Kier alpha value is -1.06. The second-order valence-corrected chi connectivity index (χ2v) is 4.85. The number of benzene rings is 1. The molecule has 1 atom stereocenters. The van der Waals surface area contributed by atoms with Crippen LogP contribution in [0.15, 0.2) is 24.3 Å². The summed E-state index contributed by atoms with van der Waals surface area (Å²) >= 11 is 5.98. The molecule has 1 saturated heterocycles. The summed E-state index contributed by atoms with van der Waals surface area (Å²) in [4.78, 5) is 11.8. The summed E-state index contributed by atoms with van der Waals surface area (Å²) in [6, 6.07) is 7.31. The van der Waals surface area contributed by atoms with Crippen molar-refractivity contribution in [1.82, 2.24) is 5.32 Å². The van der Waals surface area contributed by atoms with Crippen molar-refractivity contribution in [2.24, 2.45) is 5.92 Å². The van der Waals surface area contributed by atoms with Crippen molar-refractivity contribution in [2.75, 3.05) is 18.4 Å². The summed E-state index contributed by atoms with van der Waals surface area (Å²) in [5.41, 5.74) is 0.697. The lowest BCUT2D eigenvalue weighted by atomic mass is 9.96. The Bertz CT molecular complexity index is 389. The Kier molecular flexibility index (Phi) is 4.40. The molecule has 1 unspecified atom stereocenters. The largest absolute Gasteiger partial charge is 0.325 e. The van der Waals surface area contributed by atoms with E-state index < -0.39 is 0 Å². The minimum atomic E-state index is 0.0480. The average molecular weight is 253 g/mol. The van der Waals surface area contributed by atoms with Gasteiger partial charge in [-0.3, -0.25) is 4.79 Å². The molecule has 4 heteroatoms. The van der Waals surface area contributed by atoms with Gasteiger partial charge in [0.1, 0.15) is 0 Å². The molecule has 0 radical (unpaired) electrons. The van der Waals surface area contributed by atoms with Crippen LogP contribution in [0.25, 0.3) is 0 Å². The number of para-hydroxylation sites is 1. The van der Waals surface area contributed by atoms with Crippen LogP contribution in [-0.4, -0.2) is 19.0 Å². The molecule has 1 aromatic carbocycles. The molecule has 92 valence electrons. The fourth-order valence-corrected chi connectivity index (χ4v) is 2.31. The van der Waals surface area contributed by atoms with Crippen LogP contribution in [0.1, 0.15) is 19.3 Å². The van der Waals surface area contributed by atoms with Crippen molar-refractivity contribution in [1.29, 1.82) is 0 Å². The van der Waals surface area contributed by atoms with Crippen molar-refractivity contribution >= 4 is 23.2 Å². The first-order valence-corrected chi connectivity index (χ1v) is 6.38. The zero-order chi connectivity index (χ0) is 12.1. The molecule has 1 fully saturated rings. The van der Waals surface area contributed by atoms with E-state index in [1.165, 1.54) is 0 Å². The highest BCUT2D eigenvalue weighted by Crippen LogP contribution is 2.21. The van der Waals surface area contributed by atoms with Crippen LogP contribution in [0.2, 0.25) is 5.02 Å².